The van der Waals surface area contributed by atoms with E-state index in [-0.39, 0.29) is 11.4 Å². The zero-order valence-electron chi connectivity index (χ0n) is 15.2. The molecular weight excluding hydrogens is 393 g/mol. The number of nitrogens with zero attached hydrogens (tertiary/aromatic N) is 1. The highest BCUT2D eigenvalue weighted by molar-refractivity contribution is 7.99. The largest absolute Gasteiger partial charge is 0.497 e. The van der Waals surface area contributed by atoms with Crippen molar-refractivity contribution < 1.29 is 27.4 Å². The maximum atomic E-state index is 12.7. The van der Waals surface area contributed by atoms with Crippen LogP contribution < -0.4 is 14.8 Å². The van der Waals surface area contributed by atoms with Gasteiger partial charge in [-0.1, -0.05) is 0 Å². The van der Waals surface area contributed by atoms with Crippen molar-refractivity contribution in [3.63, 3.8) is 0 Å². The van der Waals surface area contributed by atoms with Gasteiger partial charge in [0.1, 0.15) is 16.9 Å². The van der Waals surface area contributed by atoms with Crippen molar-refractivity contribution in [1.29, 1.82) is 0 Å². The van der Waals surface area contributed by atoms with Crippen molar-refractivity contribution in [2.24, 2.45) is 0 Å². The highest BCUT2D eigenvalue weighted by Crippen LogP contribution is 2.43. The SMILES string of the molecule is COc1ccc([C@H]2SCCN2C(=O)Nc2ccc(C(F)(F)F)cc2)c(OC)c1. The van der Waals surface area contributed by atoms with E-state index in [1.807, 2.05) is 6.07 Å². The molecule has 0 saturated carbocycles. The average molecular weight is 412 g/mol. The van der Waals surface area contributed by atoms with Gasteiger partial charge in [-0.15, -0.1) is 11.8 Å². The Bertz CT molecular complexity index is 843. The van der Waals surface area contributed by atoms with Crippen LogP contribution in [0.25, 0.3) is 0 Å². The van der Waals surface area contributed by atoms with E-state index >= 15 is 0 Å². The van der Waals surface area contributed by atoms with Gasteiger partial charge in [0.05, 0.1) is 19.8 Å². The van der Waals surface area contributed by atoms with Gasteiger partial charge in [0, 0.05) is 29.6 Å². The fraction of sp³-hybridized carbons (Fsp3) is 0.316. The first kappa shape index (κ1) is 20.2. The van der Waals surface area contributed by atoms with Gasteiger partial charge in [0.25, 0.3) is 0 Å². The molecule has 0 bridgehead atoms. The molecular formula is C19H19F3N2O3S. The maximum Gasteiger partial charge on any atom is 0.416 e. The molecule has 1 heterocycles. The molecule has 1 N–H and O–H groups in total. The molecule has 1 fully saturated rings. The molecule has 5 nitrogen and oxygen atoms in total. The van der Waals surface area contributed by atoms with E-state index in [9.17, 15) is 18.0 Å². The van der Waals surface area contributed by atoms with E-state index in [2.05, 4.69) is 5.32 Å². The molecule has 28 heavy (non-hydrogen) atoms. The van der Waals surface area contributed by atoms with Crippen LogP contribution in [0.4, 0.5) is 23.7 Å². The number of halogens is 3. The first-order chi connectivity index (χ1) is 13.3. The summed E-state index contributed by atoms with van der Waals surface area (Å²) in [6.45, 7) is 0.511. The van der Waals surface area contributed by atoms with E-state index in [1.165, 1.54) is 12.1 Å². The lowest BCUT2D eigenvalue weighted by atomic mass is 10.1. The number of amides is 2. The molecule has 0 aliphatic carbocycles. The molecule has 1 aliphatic heterocycles. The van der Waals surface area contributed by atoms with Crippen LogP contribution in [0.1, 0.15) is 16.5 Å². The molecule has 0 aromatic heterocycles. The van der Waals surface area contributed by atoms with Gasteiger partial charge in [-0.2, -0.15) is 13.2 Å². The van der Waals surface area contributed by atoms with Gasteiger partial charge < -0.3 is 19.7 Å². The molecule has 1 aliphatic rings. The Morgan fingerprint density at radius 3 is 2.46 bits per heavy atom. The first-order valence-corrected chi connectivity index (χ1v) is 9.47. The minimum Gasteiger partial charge on any atom is -0.497 e. The topological polar surface area (TPSA) is 50.8 Å². The summed E-state index contributed by atoms with van der Waals surface area (Å²) in [4.78, 5) is 14.3. The normalized spacial score (nSPS) is 16.8. The van der Waals surface area contributed by atoms with Crippen LogP contribution in [-0.2, 0) is 6.18 Å². The van der Waals surface area contributed by atoms with Crippen molar-refractivity contribution in [3.05, 3.63) is 53.6 Å². The van der Waals surface area contributed by atoms with Crippen molar-refractivity contribution in [1.82, 2.24) is 4.90 Å². The van der Waals surface area contributed by atoms with Crippen LogP contribution in [0.15, 0.2) is 42.5 Å². The van der Waals surface area contributed by atoms with Crippen LogP contribution in [0.3, 0.4) is 0 Å². The molecule has 1 saturated heterocycles. The van der Waals surface area contributed by atoms with Crippen molar-refractivity contribution >= 4 is 23.5 Å². The second kappa shape index (κ2) is 8.22. The smallest absolute Gasteiger partial charge is 0.416 e. The number of nitrogens with one attached hydrogen (secondary N) is 1. The minimum absolute atomic E-state index is 0.268. The zero-order chi connectivity index (χ0) is 20.3. The van der Waals surface area contributed by atoms with Gasteiger partial charge in [0.2, 0.25) is 0 Å². The van der Waals surface area contributed by atoms with Crippen LogP contribution in [-0.4, -0.2) is 37.4 Å². The second-order valence-corrected chi connectivity index (χ2v) is 7.22. The lowest BCUT2D eigenvalue weighted by Crippen LogP contribution is -2.34. The zero-order valence-corrected chi connectivity index (χ0v) is 16.1. The highest BCUT2D eigenvalue weighted by atomic mass is 32.2. The number of anilines is 1. The summed E-state index contributed by atoms with van der Waals surface area (Å²) in [7, 11) is 3.10. The fourth-order valence-electron chi connectivity index (χ4n) is 2.90. The van der Waals surface area contributed by atoms with Crippen LogP contribution in [0.5, 0.6) is 11.5 Å². The Kier molecular flexibility index (Phi) is 5.93. The number of urea groups is 1. The second-order valence-electron chi connectivity index (χ2n) is 6.03. The number of alkyl halides is 3. The molecule has 2 aromatic carbocycles. The summed E-state index contributed by atoms with van der Waals surface area (Å²) in [6, 6.07) is 9.38. The number of methoxy groups -OCH3 is 2. The lowest BCUT2D eigenvalue weighted by Gasteiger charge is -2.26. The third-order valence-electron chi connectivity index (χ3n) is 4.32. The summed E-state index contributed by atoms with van der Waals surface area (Å²) in [6.07, 6.45) is -4.41. The van der Waals surface area contributed by atoms with E-state index < -0.39 is 11.7 Å². The predicted octanol–water partition coefficient (Wildman–Crippen LogP) is 5.00. The van der Waals surface area contributed by atoms with Gasteiger partial charge in [0.15, 0.2) is 0 Å². The van der Waals surface area contributed by atoms with E-state index in [1.54, 1.807) is 43.0 Å². The number of carbonyl (C=O) groups excluding carboxylic acids is 1. The third-order valence-corrected chi connectivity index (χ3v) is 5.56. The summed E-state index contributed by atoms with van der Waals surface area (Å²) < 4.78 is 48.7. The quantitative estimate of drug-likeness (QED) is 0.768. The molecule has 0 unspecified atom stereocenters. The predicted molar refractivity (Wildman–Crippen MR) is 102 cm³/mol. The molecule has 1 atom stereocenters. The number of thioether (sulfide) groups is 1. The van der Waals surface area contributed by atoms with Crippen molar-refractivity contribution in [2.45, 2.75) is 11.6 Å². The summed E-state index contributed by atoms with van der Waals surface area (Å²) >= 11 is 1.59. The standard InChI is InChI=1S/C19H19F3N2O3S/c1-26-14-7-8-15(16(11-14)27-2)17-24(9-10-28-17)18(25)23-13-5-3-12(4-6-13)19(20,21)22/h3-8,11,17H,9-10H2,1-2H3,(H,23,25)/t17-/m1/s1. The lowest BCUT2D eigenvalue weighted by molar-refractivity contribution is -0.137. The number of rotatable bonds is 4. The average Bonchev–Trinajstić information content (AvgIpc) is 3.17. The Labute approximate surface area is 164 Å². The number of ether oxygens (including phenoxy) is 2. The highest BCUT2D eigenvalue weighted by Gasteiger charge is 2.33. The number of hydrogen-bond donors (Lipinski definition) is 1. The molecule has 3 rings (SSSR count). The molecule has 9 heteroatoms. The van der Waals surface area contributed by atoms with Crippen LogP contribution in [0, 0.1) is 0 Å². The summed E-state index contributed by atoms with van der Waals surface area (Å²) in [5.74, 6) is 1.98. The maximum absolute atomic E-state index is 12.7. The molecule has 0 radical (unpaired) electrons. The first-order valence-electron chi connectivity index (χ1n) is 8.42. The Morgan fingerprint density at radius 2 is 1.86 bits per heavy atom. The van der Waals surface area contributed by atoms with Gasteiger partial charge in [-0.3, -0.25) is 0 Å². The number of benzene rings is 2. The third kappa shape index (κ3) is 4.30. The number of carbonyl (C=O) groups is 1. The van der Waals surface area contributed by atoms with E-state index in [0.29, 0.717) is 23.7 Å². The molecule has 0 spiro atoms. The van der Waals surface area contributed by atoms with Crippen LogP contribution >= 0.6 is 11.8 Å². The van der Waals surface area contributed by atoms with Gasteiger partial charge in [-0.25, -0.2) is 4.79 Å². The molecule has 2 aromatic rings. The molecule has 150 valence electrons. The molecule has 2 amide bonds. The summed E-state index contributed by atoms with van der Waals surface area (Å²) in [5.41, 5.74) is 0.367. The summed E-state index contributed by atoms with van der Waals surface area (Å²) in [5, 5.41) is 2.39. The Morgan fingerprint density at radius 1 is 1.14 bits per heavy atom. The van der Waals surface area contributed by atoms with Crippen LogP contribution in [0.2, 0.25) is 0 Å². The fourth-order valence-corrected chi connectivity index (χ4v) is 4.18. The minimum atomic E-state index is -4.41. The van der Waals surface area contributed by atoms with Gasteiger partial charge in [-0.05, 0) is 36.4 Å². The van der Waals surface area contributed by atoms with E-state index in [4.69, 9.17) is 9.47 Å². The Hall–Kier alpha value is -2.55. The van der Waals surface area contributed by atoms with E-state index in [0.717, 1.165) is 23.4 Å². The Balaban J connectivity index is 1.76. The van der Waals surface area contributed by atoms with Gasteiger partial charge >= 0.3 is 12.2 Å². The van der Waals surface area contributed by atoms with Crippen molar-refractivity contribution in [2.75, 3.05) is 31.8 Å². The monoisotopic (exact) mass is 412 g/mol. The van der Waals surface area contributed by atoms with Crippen molar-refractivity contribution in [3.8, 4) is 11.5 Å². The number of hydrogen-bond acceptors (Lipinski definition) is 4.